The highest BCUT2D eigenvalue weighted by atomic mass is 16.5. The molecule has 0 saturated heterocycles. The Hall–Kier alpha value is -4.19. The van der Waals surface area contributed by atoms with Crippen molar-refractivity contribution < 1.29 is 9.53 Å². The van der Waals surface area contributed by atoms with Gasteiger partial charge in [0.2, 0.25) is 0 Å². The van der Waals surface area contributed by atoms with E-state index in [0.29, 0.717) is 17.4 Å². The van der Waals surface area contributed by atoms with Crippen molar-refractivity contribution in [3.63, 3.8) is 0 Å². The van der Waals surface area contributed by atoms with Gasteiger partial charge in [-0.1, -0.05) is 56.3 Å². The predicted molar refractivity (Wildman–Crippen MR) is 137 cm³/mol. The molecule has 1 aromatic heterocycles. The van der Waals surface area contributed by atoms with Gasteiger partial charge in [-0.25, -0.2) is 9.97 Å². The lowest BCUT2D eigenvalue weighted by Gasteiger charge is -2.15. The van der Waals surface area contributed by atoms with E-state index in [1.165, 1.54) is 6.33 Å². The lowest BCUT2D eigenvalue weighted by molar-refractivity contribution is -0.118. The SMILES string of the molecule is Cc1ccc(C(C)C)c(OCC(=O)Nc2ccc(Nc3cc(-c4ccccc4)ncn3)cc2)c1. The lowest BCUT2D eigenvalue weighted by Crippen LogP contribution is -2.20. The molecule has 4 aromatic rings. The van der Waals surface area contributed by atoms with Crippen LogP contribution in [-0.2, 0) is 4.79 Å². The van der Waals surface area contributed by atoms with Gasteiger partial charge in [0, 0.05) is 23.0 Å². The van der Waals surface area contributed by atoms with Crippen LogP contribution in [0, 0.1) is 6.92 Å². The minimum Gasteiger partial charge on any atom is -0.483 e. The van der Waals surface area contributed by atoms with Gasteiger partial charge >= 0.3 is 0 Å². The summed E-state index contributed by atoms with van der Waals surface area (Å²) in [6, 6.07) is 25.4. The standard InChI is InChI=1S/C28H28N4O2/c1-19(2)24-14-9-20(3)15-26(24)34-17-28(33)32-23-12-10-22(11-13-23)31-27-16-25(29-18-30-27)21-7-5-4-6-8-21/h4-16,18-19H,17H2,1-3H3,(H,32,33)(H,29,30,31). The van der Waals surface area contributed by atoms with Gasteiger partial charge in [-0.15, -0.1) is 0 Å². The third-order valence-corrected chi connectivity index (χ3v) is 5.33. The Morgan fingerprint density at radius 2 is 1.65 bits per heavy atom. The third kappa shape index (κ3) is 5.98. The van der Waals surface area contributed by atoms with Crippen LogP contribution in [0.3, 0.4) is 0 Å². The zero-order chi connectivity index (χ0) is 23.9. The number of hydrogen-bond donors (Lipinski definition) is 2. The third-order valence-electron chi connectivity index (χ3n) is 5.33. The highest BCUT2D eigenvalue weighted by Crippen LogP contribution is 2.27. The Morgan fingerprint density at radius 3 is 2.38 bits per heavy atom. The molecule has 172 valence electrons. The van der Waals surface area contributed by atoms with Crippen molar-refractivity contribution in [2.45, 2.75) is 26.7 Å². The average Bonchev–Trinajstić information content (AvgIpc) is 2.84. The van der Waals surface area contributed by atoms with Crippen molar-refractivity contribution in [2.75, 3.05) is 17.2 Å². The first-order chi connectivity index (χ1) is 16.5. The van der Waals surface area contributed by atoms with Crippen molar-refractivity contribution in [3.8, 4) is 17.0 Å². The van der Waals surface area contributed by atoms with Crippen LogP contribution in [0.25, 0.3) is 11.3 Å². The summed E-state index contributed by atoms with van der Waals surface area (Å²) in [5.74, 6) is 1.56. The van der Waals surface area contributed by atoms with E-state index >= 15 is 0 Å². The number of aromatic nitrogens is 2. The number of nitrogens with zero attached hydrogens (tertiary/aromatic N) is 2. The molecular weight excluding hydrogens is 424 g/mol. The summed E-state index contributed by atoms with van der Waals surface area (Å²) >= 11 is 0. The molecule has 1 heterocycles. The average molecular weight is 453 g/mol. The second-order valence-corrected chi connectivity index (χ2v) is 8.39. The smallest absolute Gasteiger partial charge is 0.262 e. The van der Waals surface area contributed by atoms with Crippen LogP contribution in [0.1, 0.15) is 30.9 Å². The quantitative estimate of drug-likeness (QED) is 0.326. The summed E-state index contributed by atoms with van der Waals surface area (Å²) in [5.41, 5.74) is 5.61. The molecular formula is C28H28N4O2. The Balaban J connectivity index is 1.35. The predicted octanol–water partition coefficient (Wildman–Crippen LogP) is 6.34. The molecule has 3 aromatic carbocycles. The Labute approximate surface area is 200 Å². The highest BCUT2D eigenvalue weighted by molar-refractivity contribution is 5.92. The number of nitrogens with one attached hydrogen (secondary N) is 2. The van der Waals surface area contributed by atoms with Crippen molar-refractivity contribution in [1.29, 1.82) is 0 Å². The second-order valence-electron chi connectivity index (χ2n) is 8.39. The van der Waals surface area contributed by atoms with Crippen LogP contribution < -0.4 is 15.4 Å². The number of carbonyl (C=O) groups is 1. The number of carbonyl (C=O) groups excluding carboxylic acids is 1. The van der Waals surface area contributed by atoms with E-state index in [1.807, 2.05) is 73.7 Å². The van der Waals surface area contributed by atoms with E-state index in [0.717, 1.165) is 33.8 Å². The lowest BCUT2D eigenvalue weighted by atomic mass is 10.0. The summed E-state index contributed by atoms with van der Waals surface area (Å²) < 4.78 is 5.83. The minimum atomic E-state index is -0.208. The Bertz CT molecular complexity index is 1260. The molecule has 34 heavy (non-hydrogen) atoms. The summed E-state index contributed by atoms with van der Waals surface area (Å²) in [6.45, 7) is 6.18. The fourth-order valence-electron chi connectivity index (χ4n) is 3.56. The molecule has 0 fully saturated rings. The minimum absolute atomic E-state index is 0.0492. The van der Waals surface area contributed by atoms with Crippen LogP contribution in [-0.4, -0.2) is 22.5 Å². The van der Waals surface area contributed by atoms with Gasteiger partial charge in [0.25, 0.3) is 5.91 Å². The van der Waals surface area contributed by atoms with Gasteiger partial charge in [-0.05, 0) is 54.3 Å². The molecule has 6 heteroatoms. The number of amides is 1. The van der Waals surface area contributed by atoms with Gasteiger partial charge in [-0.2, -0.15) is 0 Å². The van der Waals surface area contributed by atoms with E-state index in [1.54, 1.807) is 0 Å². The van der Waals surface area contributed by atoms with Gasteiger partial charge in [-0.3, -0.25) is 4.79 Å². The zero-order valence-corrected chi connectivity index (χ0v) is 19.6. The number of hydrogen-bond acceptors (Lipinski definition) is 5. The largest absolute Gasteiger partial charge is 0.483 e. The van der Waals surface area contributed by atoms with Crippen LogP contribution in [0.5, 0.6) is 5.75 Å². The van der Waals surface area contributed by atoms with Gasteiger partial charge in [0.15, 0.2) is 6.61 Å². The molecule has 0 saturated carbocycles. The molecule has 1 amide bonds. The van der Waals surface area contributed by atoms with E-state index in [-0.39, 0.29) is 12.5 Å². The number of ether oxygens (including phenoxy) is 1. The molecule has 0 aliphatic carbocycles. The van der Waals surface area contributed by atoms with Crippen LogP contribution >= 0.6 is 0 Å². The topological polar surface area (TPSA) is 76.1 Å². The normalized spacial score (nSPS) is 10.7. The first kappa shape index (κ1) is 23.0. The maximum absolute atomic E-state index is 12.4. The fraction of sp³-hybridized carbons (Fsp3) is 0.179. The molecule has 2 N–H and O–H groups in total. The highest BCUT2D eigenvalue weighted by Gasteiger charge is 2.11. The molecule has 0 bridgehead atoms. The zero-order valence-electron chi connectivity index (χ0n) is 19.6. The number of rotatable bonds is 8. The maximum atomic E-state index is 12.4. The first-order valence-electron chi connectivity index (χ1n) is 11.3. The van der Waals surface area contributed by atoms with Gasteiger partial charge in [0.1, 0.15) is 17.9 Å². The summed E-state index contributed by atoms with van der Waals surface area (Å²) in [4.78, 5) is 21.1. The second kappa shape index (κ2) is 10.6. The van der Waals surface area contributed by atoms with Crippen molar-refractivity contribution in [2.24, 2.45) is 0 Å². The molecule has 0 unspecified atom stereocenters. The van der Waals surface area contributed by atoms with Crippen molar-refractivity contribution in [3.05, 3.63) is 96.3 Å². The van der Waals surface area contributed by atoms with E-state index in [2.05, 4.69) is 46.6 Å². The molecule has 0 radical (unpaired) electrons. The number of aryl methyl sites for hydroxylation is 1. The van der Waals surface area contributed by atoms with Crippen LogP contribution in [0.2, 0.25) is 0 Å². The van der Waals surface area contributed by atoms with E-state index in [4.69, 9.17) is 4.74 Å². The molecule has 0 spiro atoms. The maximum Gasteiger partial charge on any atom is 0.262 e. The Morgan fingerprint density at radius 1 is 0.912 bits per heavy atom. The van der Waals surface area contributed by atoms with Crippen molar-refractivity contribution >= 4 is 23.1 Å². The van der Waals surface area contributed by atoms with Gasteiger partial charge < -0.3 is 15.4 Å². The van der Waals surface area contributed by atoms with Crippen LogP contribution in [0.15, 0.2) is 85.2 Å². The summed E-state index contributed by atoms with van der Waals surface area (Å²) in [7, 11) is 0. The number of anilines is 3. The molecule has 4 rings (SSSR count). The molecule has 6 nitrogen and oxygen atoms in total. The number of benzene rings is 3. The molecule has 0 aliphatic heterocycles. The van der Waals surface area contributed by atoms with E-state index < -0.39 is 0 Å². The molecule has 0 atom stereocenters. The first-order valence-corrected chi connectivity index (χ1v) is 11.3. The molecule has 0 aliphatic rings. The monoisotopic (exact) mass is 452 g/mol. The fourth-order valence-corrected chi connectivity index (χ4v) is 3.56. The Kier molecular flexibility index (Phi) is 7.18. The van der Waals surface area contributed by atoms with Crippen LogP contribution in [0.4, 0.5) is 17.2 Å². The summed E-state index contributed by atoms with van der Waals surface area (Å²) in [6.07, 6.45) is 1.54. The van der Waals surface area contributed by atoms with Crippen molar-refractivity contribution in [1.82, 2.24) is 9.97 Å². The summed E-state index contributed by atoms with van der Waals surface area (Å²) in [5, 5.41) is 6.15. The van der Waals surface area contributed by atoms with E-state index in [9.17, 15) is 4.79 Å². The van der Waals surface area contributed by atoms with Gasteiger partial charge in [0.05, 0.1) is 5.69 Å².